The molecular formula is C28H20BrN3O6. The van der Waals surface area contributed by atoms with E-state index in [9.17, 15) is 19.7 Å². The molecule has 3 atom stereocenters. The number of carbonyl (C=O) groups is 2. The van der Waals surface area contributed by atoms with Crippen LogP contribution in [0.25, 0.3) is 10.8 Å². The van der Waals surface area contributed by atoms with Gasteiger partial charge in [-0.05, 0) is 51.1 Å². The maximum absolute atomic E-state index is 14.0. The fraction of sp³-hybridized carbons (Fsp3) is 0.143. The first-order valence-electron chi connectivity index (χ1n) is 11.8. The van der Waals surface area contributed by atoms with Gasteiger partial charge in [0, 0.05) is 17.5 Å². The Morgan fingerprint density at radius 1 is 0.947 bits per heavy atom. The zero-order valence-electron chi connectivity index (χ0n) is 20.0. The molecule has 0 spiro atoms. The SMILES string of the molecule is COc1ccc([C@@H]2[C@H]3C(=O)N(c4cccc5ccccc45)C(=O)[C@H]3ON2c2cccc([N+](=O)[O-])c2)cc1Br. The van der Waals surface area contributed by atoms with Crippen LogP contribution >= 0.6 is 15.9 Å². The van der Waals surface area contributed by atoms with Crippen LogP contribution in [0, 0.1) is 16.0 Å². The van der Waals surface area contributed by atoms with E-state index in [0.29, 0.717) is 27.2 Å². The lowest BCUT2D eigenvalue weighted by atomic mass is 9.90. The molecule has 4 aromatic rings. The number of nitro benzene ring substituents is 1. The van der Waals surface area contributed by atoms with Crippen LogP contribution in [0.1, 0.15) is 11.6 Å². The van der Waals surface area contributed by atoms with Crippen molar-refractivity contribution < 1.29 is 24.1 Å². The number of hydroxylamine groups is 1. The predicted octanol–water partition coefficient (Wildman–Crippen LogP) is 5.57. The van der Waals surface area contributed by atoms with E-state index in [4.69, 9.17) is 9.57 Å². The zero-order valence-corrected chi connectivity index (χ0v) is 21.6. The Hall–Kier alpha value is -4.28. The van der Waals surface area contributed by atoms with Crippen LogP contribution < -0.4 is 14.7 Å². The number of methoxy groups -OCH3 is 1. The average Bonchev–Trinajstić information content (AvgIpc) is 3.44. The molecule has 190 valence electrons. The Kier molecular flexibility index (Phi) is 5.85. The van der Waals surface area contributed by atoms with Gasteiger partial charge in [0.05, 0.1) is 33.9 Å². The molecule has 0 aliphatic carbocycles. The van der Waals surface area contributed by atoms with E-state index in [1.165, 1.54) is 28.2 Å². The Labute approximate surface area is 225 Å². The Morgan fingerprint density at radius 3 is 2.47 bits per heavy atom. The molecule has 9 nitrogen and oxygen atoms in total. The Balaban J connectivity index is 1.48. The molecule has 0 bridgehead atoms. The number of carbonyl (C=O) groups excluding carboxylic acids is 2. The van der Waals surface area contributed by atoms with E-state index in [2.05, 4.69) is 15.9 Å². The lowest BCUT2D eigenvalue weighted by Crippen LogP contribution is -2.37. The highest BCUT2D eigenvalue weighted by Gasteiger charge is 2.60. The quantitative estimate of drug-likeness (QED) is 0.175. The lowest BCUT2D eigenvalue weighted by Gasteiger charge is -2.29. The second-order valence-corrected chi connectivity index (χ2v) is 9.86. The molecule has 4 aromatic carbocycles. The molecule has 0 N–H and O–H groups in total. The van der Waals surface area contributed by atoms with Crippen molar-refractivity contribution in [3.05, 3.63) is 105 Å². The fourth-order valence-corrected chi connectivity index (χ4v) is 5.79. The van der Waals surface area contributed by atoms with Crippen molar-refractivity contribution in [2.45, 2.75) is 12.1 Å². The van der Waals surface area contributed by atoms with Crippen molar-refractivity contribution in [2.24, 2.45) is 5.92 Å². The summed E-state index contributed by atoms with van der Waals surface area (Å²) in [6, 6.07) is 23.6. The number of non-ortho nitro benzene ring substituents is 1. The van der Waals surface area contributed by atoms with Crippen LogP contribution in [0.5, 0.6) is 5.75 Å². The fourth-order valence-electron chi connectivity index (χ4n) is 5.23. The summed E-state index contributed by atoms with van der Waals surface area (Å²) >= 11 is 3.50. The number of anilines is 2. The number of fused-ring (bicyclic) bond motifs is 2. The summed E-state index contributed by atoms with van der Waals surface area (Å²) in [6.45, 7) is 0. The number of halogens is 1. The Morgan fingerprint density at radius 2 is 1.71 bits per heavy atom. The number of nitrogens with zero attached hydrogens (tertiary/aromatic N) is 3. The standard InChI is InChI=1S/C28H20BrN3O6/c1-37-23-13-12-17(14-21(23)29)25-24-26(38-31(25)18-8-5-9-19(15-18)32(35)36)28(34)30(27(24)33)22-11-4-7-16-6-2-3-10-20(16)22/h2-15,24-26H,1H3/t24-,25-,26+/m1/s1. The summed E-state index contributed by atoms with van der Waals surface area (Å²) in [5.74, 6) is -1.18. The summed E-state index contributed by atoms with van der Waals surface area (Å²) in [6.07, 6.45) is -1.10. The molecular weight excluding hydrogens is 554 g/mol. The third kappa shape index (κ3) is 3.72. The highest BCUT2D eigenvalue weighted by molar-refractivity contribution is 9.10. The van der Waals surface area contributed by atoms with Gasteiger partial charge in [-0.25, -0.2) is 9.96 Å². The second kappa shape index (κ2) is 9.23. The maximum atomic E-state index is 14.0. The van der Waals surface area contributed by atoms with Crippen molar-refractivity contribution in [1.82, 2.24) is 0 Å². The molecule has 10 heteroatoms. The second-order valence-electron chi connectivity index (χ2n) is 9.00. The first kappa shape index (κ1) is 24.1. The number of hydrogen-bond acceptors (Lipinski definition) is 7. The number of rotatable bonds is 5. The maximum Gasteiger partial charge on any atom is 0.271 e. The van der Waals surface area contributed by atoms with E-state index in [1.54, 1.807) is 43.5 Å². The number of hydrogen-bond donors (Lipinski definition) is 0. The number of nitro groups is 1. The van der Waals surface area contributed by atoms with Gasteiger partial charge in [0.1, 0.15) is 11.7 Å². The molecule has 0 aromatic heterocycles. The number of imide groups is 1. The Bertz CT molecular complexity index is 1620. The molecule has 38 heavy (non-hydrogen) atoms. The monoisotopic (exact) mass is 573 g/mol. The first-order valence-corrected chi connectivity index (χ1v) is 12.6. The summed E-state index contributed by atoms with van der Waals surface area (Å²) in [7, 11) is 1.55. The van der Waals surface area contributed by atoms with Gasteiger partial charge in [-0.3, -0.25) is 24.5 Å². The first-order chi connectivity index (χ1) is 18.4. The molecule has 2 amide bonds. The van der Waals surface area contributed by atoms with Gasteiger partial charge in [-0.15, -0.1) is 0 Å². The van der Waals surface area contributed by atoms with Crippen molar-refractivity contribution in [1.29, 1.82) is 0 Å². The van der Waals surface area contributed by atoms with Crippen molar-refractivity contribution in [3.8, 4) is 5.75 Å². The normalized spacial score (nSPS) is 20.7. The average molecular weight is 574 g/mol. The minimum atomic E-state index is -1.10. The molecule has 0 radical (unpaired) electrons. The molecule has 0 saturated carbocycles. The van der Waals surface area contributed by atoms with Crippen molar-refractivity contribution in [3.63, 3.8) is 0 Å². The number of ether oxygens (including phenoxy) is 1. The third-order valence-electron chi connectivity index (χ3n) is 6.94. The molecule has 6 rings (SSSR count). The van der Waals surface area contributed by atoms with Gasteiger partial charge < -0.3 is 4.74 Å². The molecule has 2 saturated heterocycles. The van der Waals surface area contributed by atoms with Crippen LogP contribution in [0.4, 0.5) is 17.1 Å². The van der Waals surface area contributed by atoms with Crippen LogP contribution in [0.3, 0.4) is 0 Å². The van der Waals surface area contributed by atoms with E-state index < -0.39 is 34.8 Å². The molecule has 2 aliphatic heterocycles. The third-order valence-corrected chi connectivity index (χ3v) is 7.56. The zero-order chi connectivity index (χ0) is 26.6. The molecule has 2 aliphatic rings. The van der Waals surface area contributed by atoms with E-state index in [1.807, 2.05) is 30.3 Å². The summed E-state index contributed by atoms with van der Waals surface area (Å²) in [4.78, 5) is 46.1. The summed E-state index contributed by atoms with van der Waals surface area (Å²) < 4.78 is 6.02. The van der Waals surface area contributed by atoms with Crippen LogP contribution in [0.2, 0.25) is 0 Å². The summed E-state index contributed by atoms with van der Waals surface area (Å²) in [5.41, 5.74) is 1.40. The number of amides is 2. The largest absolute Gasteiger partial charge is 0.496 e. The molecule has 2 heterocycles. The number of benzene rings is 4. The minimum Gasteiger partial charge on any atom is -0.496 e. The summed E-state index contributed by atoms with van der Waals surface area (Å²) in [5, 5.41) is 14.6. The van der Waals surface area contributed by atoms with Gasteiger partial charge in [0.15, 0.2) is 6.10 Å². The van der Waals surface area contributed by atoms with Crippen LogP contribution in [-0.2, 0) is 14.4 Å². The predicted molar refractivity (Wildman–Crippen MR) is 144 cm³/mol. The van der Waals surface area contributed by atoms with Gasteiger partial charge in [0.2, 0.25) is 5.91 Å². The highest BCUT2D eigenvalue weighted by atomic mass is 79.9. The topological polar surface area (TPSA) is 102 Å². The minimum absolute atomic E-state index is 0.132. The lowest BCUT2D eigenvalue weighted by molar-refractivity contribution is -0.384. The van der Waals surface area contributed by atoms with Crippen molar-refractivity contribution in [2.75, 3.05) is 17.1 Å². The van der Waals surface area contributed by atoms with E-state index in [0.717, 1.165) is 10.8 Å². The van der Waals surface area contributed by atoms with E-state index >= 15 is 0 Å². The van der Waals surface area contributed by atoms with Crippen molar-refractivity contribution >= 4 is 55.6 Å². The van der Waals surface area contributed by atoms with Gasteiger partial charge in [0.25, 0.3) is 11.6 Å². The van der Waals surface area contributed by atoms with Gasteiger partial charge in [-0.2, -0.15) is 0 Å². The smallest absolute Gasteiger partial charge is 0.271 e. The van der Waals surface area contributed by atoms with Gasteiger partial charge >= 0.3 is 0 Å². The van der Waals surface area contributed by atoms with E-state index in [-0.39, 0.29) is 5.69 Å². The molecule has 0 unspecified atom stereocenters. The molecule has 2 fully saturated rings. The van der Waals surface area contributed by atoms with Gasteiger partial charge in [-0.1, -0.05) is 48.5 Å². The highest BCUT2D eigenvalue weighted by Crippen LogP contribution is 2.49. The van der Waals surface area contributed by atoms with Crippen LogP contribution in [-0.4, -0.2) is 30.0 Å². The van der Waals surface area contributed by atoms with Crippen LogP contribution in [0.15, 0.2) is 89.4 Å².